The molecule has 0 bridgehead atoms. The molecule has 104 valence electrons. The lowest BCUT2D eigenvalue weighted by molar-refractivity contribution is 0.381. The van der Waals surface area contributed by atoms with Gasteiger partial charge in [-0.3, -0.25) is 9.11 Å². The van der Waals surface area contributed by atoms with Crippen LogP contribution in [-0.4, -0.2) is 49.8 Å². The van der Waals surface area contributed by atoms with Gasteiger partial charge in [0, 0.05) is 0 Å². The van der Waals surface area contributed by atoms with E-state index in [9.17, 15) is 0 Å². The predicted molar refractivity (Wildman–Crippen MR) is 72.0 cm³/mol. The van der Waals surface area contributed by atoms with E-state index < -0.39 is 42.7 Å². The third-order valence-electron chi connectivity index (χ3n) is 1.83. The maximum Gasteiger partial charge on any atom is 0.394 e. The Labute approximate surface area is 129 Å². The van der Waals surface area contributed by atoms with Gasteiger partial charge in [-0.05, 0) is 0 Å². The van der Waals surface area contributed by atoms with Crippen LogP contribution in [0.2, 0.25) is 0 Å². The third kappa shape index (κ3) is 6.54. The van der Waals surface area contributed by atoms with Gasteiger partial charge in [0.25, 0.3) is 0 Å². The van der Waals surface area contributed by atoms with Crippen molar-refractivity contribution in [2.24, 2.45) is 0 Å². The molecule has 0 radical (unpaired) electrons. The van der Waals surface area contributed by atoms with Gasteiger partial charge < -0.3 is 0 Å². The van der Waals surface area contributed by atoms with Crippen molar-refractivity contribution in [2.45, 2.75) is 32.3 Å². The fourth-order valence-corrected chi connectivity index (χ4v) is 3.38. The lowest BCUT2D eigenvalue weighted by Crippen LogP contribution is -2.52. The van der Waals surface area contributed by atoms with Crippen LogP contribution in [0.15, 0.2) is 0 Å². The van der Waals surface area contributed by atoms with Crippen molar-refractivity contribution >= 4 is 80.0 Å². The van der Waals surface area contributed by atoms with Gasteiger partial charge >= 0.3 is 10.4 Å². The molecular weight excluding hydrogens is 381 g/mol. The maximum absolute atomic E-state index is 8.74. The highest BCUT2D eigenvalue weighted by atomic mass is 35.5. The lowest BCUT2D eigenvalue weighted by Gasteiger charge is -2.37. The quantitative estimate of drug-likeness (QED) is 0.494. The zero-order chi connectivity index (χ0) is 14.0. The average molecular weight is 389 g/mol. The van der Waals surface area contributed by atoms with E-state index in [-0.39, 0.29) is 0 Å². The minimum Gasteiger partial charge on any atom is -0.264 e. The Balaban J connectivity index is 0.000000437. The van der Waals surface area contributed by atoms with Crippen molar-refractivity contribution in [3.8, 4) is 0 Å². The highest BCUT2D eigenvalue weighted by Gasteiger charge is 2.46. The summed E-state index contributed by atoms with van der Waals surface area (Å²) in [6, 6.07) is 0. The van der Waals surface area contributed by atoms with E-state index in [0.717, 1.165) is 0 Å². The number of hydrogen-bond donors (Lipinski definition) is 2. The highest BCUT2D eigenvalue weighted by Crippen LogP contribution is 2.39. The second-order valence-corrected chi connectivity index (χ2v) is 7.03. The van der Waals surface area contributed by atoms with E-state index in [1.807, 2.05) is 0 Å². The summed E-state index contributed by atoms with van der Waals surface area (Å²) in [4.78, 5) is 0. The molecule has 0 aliphatic heterocycles. The summed E-state index contributed by atoms with van der Waals surface area (Å²) in [5, 5.41) is -2.62. The van der Waals surface area contributed by atoms with Crippen molar-refractivity contribution in [1.82, 2.24) is 0 Å². The first-order valence-electron chi connectivity index (χ1n) is 4.01. The van der Waals surface area contributed by atoms with Gasteiger partial charge in [0.05, 0.1) is 32.3 Å². The van der Waals surface area contributed by atoms with Crippen LogP contribution < -0.4 is 0 Å². The molecule has 2 N–H and O–H groups in total. The van der Waals surface area contributed by atoms with Gasteiger partial charge in [-0.1, -0.05) is 0 Å². The molecule has 1 aliphatic carbocycles. The van der Waals surface area contributed by atoms with Crippen LogP contribution in [0.4, 0.5) is 0 Å². The molecule has 0 aromatic heterocycles. The molecule has 1 aliphatic rings. The molecule has 4 nitrogen and oxygen atoms in total. The molecule has 17 heavy (non-hydrogen) atoms. The fourth-order valence-electron chi connectivity index (χ4n) is 1.05. The van der Waals surface area contributed by atoms with Gasteiger partial charge in [-0.15, -0.1) is 69.6 Å². The van der Waals surface area contributed by atoms with Crippen molar-refractivity contribution in [1.29, 1.82) is 0 Å². The summed E-state index contributed by atoms with van der Waals surface area (Å²) in [6.45, 7) is 0. The van der Waals surface area contributed by atoms with Crippen LogP contribution in [0.1, 0.15) is 0 Å². The van der Waals surface area contributed by atoms with Gasteiger partial charge in [-0.2, -0.15) is 8.42 Å². The van der Waals surface area contributed by atoms with Crippen molar-refractivity contribution in [3.63, 3.8) is 0 Å². The van der Waals surface area contributed by atoms with E-state index in [0.29, 0.717) is 0 Å². The largest absolute Gasteiger partial charge is 0.394 e. The predicted octanol–water partition coefficient (Wildman–Crippen LogP) is 2.99. The van der Waals surface area contributed by atoms with Gasteiger partial charge in [0.1, 0.15) is 0 Å². The van der Waals surface area contributed by atoms with E-state index in [1.54, 1.807) is 0 Å². The Morgan fingerprint density at radius 2 is 0.647 bits per heavy atom. The molecule has 0 unspecified atom stereocenters. The Hall–Kier alpha value is 1.61. The van der Waals surface area contributed by atoms with E-state index >= 15 is 0 Å². The zero-order valence-corrected chi connectivity index (χ0v) is 13.2. The summed E-state index contributed by atoms with van der Waals surface area (Å²) >= 11 is 35.3. The highest BCUT2D eigenvalue weighted by molar-refractivity contribution is 7.79. The molecule has 0 aromatic rings. The van der Waals surface area contributed by atoms with E-state index in [1.165, 1.54) is 0 Å². The molecule has 1 saturated carbocycles. The minimum absolute atomic E-state index is 0.437. The van der Waals surface area contributed by atoms with E-state index in [4.69, 9.17) is 87.1 Å². The Kier molecular flexibility index (Phi) is 8.11. The first-order chi connectivity index (χ1) is 7.46. The molecule has 1 rings (SSSR count). The van der Waals surface area contributed by atoms with E-state index in [2.05, 4.69) is 0 Å². The maximum atomic E-state index is 8.74. The molecule has 0 heterocycles. The molecule has 0 aromatic carbocycles. The molecule has 0 atom stereocenters. The average Bonchev–Trinajstić information content (AvgIpc) is 2.18. The van der Waals surface area contributed by atoms with Crippen LogP contribution in [0.25, 0.3) is 0 Å². The number of rotatable bonds is 0. The molecular formula is C6H8Cl6O4S. The van der Waals surface area contributed by atoms with Crippen LogP contribution in [-0.2, 0) is 10.4 Å². The molecule has 11 heteroatoms. The Morgan fingerprint density at radius 3 is 0.706 bits per heavy atom. The SMILES string of the molecule is ClC1C(Cl)C(Cl)C(Cl)C(Cl)C1Cl.O=S(=O)(O)O. The van der Waals surface area contributed by atoms with Crippen molar-refractivity contribution in [2.75, 3.05) is 0 Å². The molecule has 0 amide bonds. The topological polar surface area (TPSA) is 74.6 Å². The number of halogens is 6. The Bertz CT molecular complexity index is 271. The zero-order valence-electron chi connectivity index (χ0n) is 7.85. The third-order valence-corrected chi connectivity index (χ3v) is 5.86. The standard InChI is InChI=1S/C6H6Cl6.H2O4S/c7-1-2(8)4(10)6(12)5(11)3(1)9;1-5(2,3)4/h1-6H;(H2,1,2,3,4). The normalized spacial score (nSPS) is 42.6. The molecule has 0 saturated heterocycles. The lowest BCUT2D eigenvalue weighted by atomic mass is 9.97. The van der Waals surface area contributed by atoms with Gasteiger partial charge in [-0.25, -0.2) is 0 Å². The van der Waals surface area contributed by atoms with Crippen LogP contribution in [0.3, 0.4) is 0 Å². The fraction of sp³-hybridized carbons (Fsp3) is 1.00. The minimum atomic E-state index is -4.67. The second-order valence-electron chi connectivity index (χ2n) is 3.11. The summed E-state index contributed by atoms with van der Waals surface area (Å²) in [5.41, 5.74) is 0. The van der Waals surface area contributed by atoms with Crippen molar-refractivity contribution in [3.05, 3.63) is 0 Å². The first-order valence-corrected chi connectivity index (χ1v) is 8.02. The summed E-state index contributed by atoms with van der Waals surface area (Å²) < 4.78 is 31.6. The van der Waals surface area contributed by atoms with Gasteiger partial charge in [0.2, 0.25) is 0 Å². The monoisotopic (exact) mass is 386 g/mol. The smallest absolute Gasteiger partial charge is 0.264 e. The van der Waals surface area contributed by atoms with Crippen LogP contribution >= 0.6 is 69.6 Å². The summed E-state index contributed by atoms with van der Waals surface area (Å²) in [5.74, 6) is 0. The second kappa shape index (κ2) is 7.41. The number of alkyl halides is 6. The molecule has 0 spiro atoms. The summed E-state index contributed by atoms with van der Waals surface area (Å²) in [6.07, 6.45) is 0. The van der Waals surface area contributed by atoms with Crippen LogP contribution in [0.5, 0.6) is 0 Å². The molecule has 1 fully saturated rings. The first kappa shape index (κ1) is 18.6. The summed E-state index contributed by atoms with van der Waals surface area (Å²) in [7, 11) is -4.67. The van der Waals surface area contributed by atoms with Crippen LogP contribution in [0, 0.1) is 0 Å². The van der Waals surface area contributed by atoms with Gasteiger partial charge in [0.15, 0.2) is 0 Å². The van der Waals surface area contributed by atoms with Crippen molar-refractivity contribution < 1.29 is 17.5 Å². The Morgan fingerprint density at radius 1 is 0.588 bits per heavy atom. The number of hydrogen-bond acceptors (Lipinski definition) is 2.